The lowest BCUT2D eigenvalue weighted by Gasteiger charge is -2.27. The first-order chi connectivity index (χ1) is 14.8. The zero-order chi connectivity index (χ0) is 22.9. The fourth-order valence-corrected chi connectivity index (χ4v) is 3.83. The van der Waals surface area contributed by atoms with Gasteiger partial charge in [-0.15, -0.1) is 0 Å². The molecule has 0 fully saturated rings. The molecule has 0 radical (unpaired) electrons. The molecule has 0 spiro atoms. The summed E-state index contributed by atoms with van der Waals surface area (Å²) in [6.45, 7) is 6.40. The molecule has 5 nitrogen and oxygen atoms in total. The molecule has 0 N–H and O–H groups in total. The van der Waals surface area contributed by atoms with E-state index < -0.39 is 10.1 Å². The van der Waals surface area contributed by atoms with Gasteiger partial charge in [0.15, 0.2) is 0 Å². The third-order valence-corrected chi connectivity index (χ3v) is 6.37. The lowest BCUT2D eigenvalue weighted by Crippen LogP contribution is -2.35. The van der Waals surface area contributed by atoms with Crippen LogP contribution in [0.1, 0.15) is 57.6 Å². The lowest BCUT2D eigenvalue weighted by atomic mass is 9.97. The molecule has 0 aromatic heterocycles. The van der Waals surface area contributed by atoms with Gasteiger partial charge in [0.1, 0.15) is 11.6 Å². The molecule has 1 amide bonds. The minimum Gasteiger partial charge on any atom is -0.382 e. The monoisotopic (exact) mass is 449 g/mol. The molecule has 170 valence electrons. The molecule has 0 aliphatic rings. The van der Waals surface area contributed by atoms with Crippen LogP contribution in [0.25, 0.3) is 0 Å². The molecule has 0 heterocycles. The molecule has 7 heteroatoms. The Morgan fingerprint density at radius 1 is 0.968 bits per heavy atom. The molecular weight excluding hydrogens is 417 g/mol. The first kappa shape index (κ1) is 24.9. The highest BCUT2D eigenvalue weighted by Crippen LogP contribution is 2.21. The van der Waals surface area contributed by atoms with Crippen LogP contribution in [0.15, 0.2) is 48.5 Å². The van der Waals surface area contributed by atoms with Gasteiger partial charge < -0.3 is 9.08 Å². The molecule has 1 unspecified atom stereocenters. The van der Waals surface area contributed by atoms with Crippen LogP contribution >= 0.6 is 0 Å². The molecule has 0 bridgehead atoms. The number of amides is 1. The van der Waals surface area contributed by atoms with Gasteiger partial charge in [0.05, 0.1) is 5.75 Å². The van der Waals surface area contributed by atoms with Crippen LogP contribution in [-0.4, -0.2) is 25.0 Å². The summed E-state index contributed by atoms with van der Waals surface area (Å²) in [5, 5.41) is 0. The van der Waals surface area contributed by atoms with E-state index in [2.05, 4.69) is 6.92 Å². The molecule has 0 saturated heterocycles. The Morgan fingerprint density at radius 3 is 2.00 bits per heavy atom. The van der Waals surface area contributed by atoms with Crippen molar-refractivity contribution >= 4 is 16.0 Å². The fourth-order valence-electron chi connectivity index (χ4n) is 3.31. The second kappa shape index (κ2) is 11.8. The first-order valence-corrected chi connectivity index (χ1v) is 12.4. The van der Waals surface area contributed by atoms with E-state index in [-0.39, 0.29) is 29.1 Å². The highest BCUT2D eigenvalue weighted by Gasteiger charge is 2.23. The predicted molar refractivity (Wildman–Crippen MR) is 120 cm³/mol. The number of hydrogen-bond donors (Lipinski definition) is 0. The summed E-state index contributed by atoms with van der Waals surface area (Å²) in [6, 6.07) is 12.9. The maximum absolute atomic E-state index is 13.3. The molecular formula is C24H32FNO4S. The van der Waals surface area contributed by atoms with E-state index in [9.17, 15) is 17.6 Å². The van der Waals surface area contributed by atoms with Crippen molar-refractivity contribution in [2.45, 2.75) is 59.5 Å². The van der Waals surface area contributed by atoms with Gasteiger partial charge in [-0.05, 0) is 55.2 Å². The predicted octanol–water partition coefficient (Wildman–Crippen LogP) is 5.30. The molecule has 2 rings (SSSR count). The van der Waals surface area contributed by atoms with Crippen molar-refractivity contribution in [2.24, 2.45) is 5.92 Å². The van der Waals surface area contributed by atoms with E-state index in [1.807, 2.05) is 6.92 Å². The second-order valence-electron chi connectivity index (χ2n) is 7.64. The van der Waals surface area contributed by atoms with Gasteiger partial charge in [0.2, 0.25) is 5.91 Å². The molecule has 0 aliphatic heterocycles. The van der Waals surface area contributed by atoms with E-state index in [1.54, 1.807) is 41.3 Å². The van der Waals surface area contributed by atoms with E-state index in [4.69, 9.17) is 4.18 Å². The maximum atomic E-state index is 13.3. The Kier molecular flexibility index (Phi) is 9.49. The van der Waals surface area contributed by atoms with Gasteiger partial charge in [-0.1, -0.05) is 51.0 Å². The Morgan fingerprint density at radius 2 is 1.52 bits per heavy atom. The number of benzene rings is 2. The zero-order valence-corrected chi connectivity index (χ0v) is 19.3. The van der Waals surface area contributed by atoms with Crippen LogP contribution in [0.4, 0.5) is 4.39 Å². The molecule has 0 saturated carbocycles. The van der Waals surface area contributed by atoms with Gasteiger partial charge in [0, 0.05) is 19.0 Å². The normalized spacial score (nSPS) is 12.4. The molecule has 2 aromatic carbocycles. The SMILES string of the molecule is CCCCC(CC)C(=O)N(Cc1ccc(F)cc1)Cc1ccc(OS(=O)(=O)CC)cc1. The van der Waals surface area contributed by atoms with Crippen LogP contribution in [0.3, 0.4) is 0 Å². The molecule has 1 atom stereocenters. The summed E-state index contributed by atoms with van der Waals surface area (Å²) in [5.74, 6) is -0.151. The topological polar surface area (TPSA) is 63.7 Å². The summed E-state index contributed by atoms with van der Waals surface area (Å²) >= 11 is 0. The summed E-state index contributed by atoms with van der Waals surface area (Å²) in [4.78, 5) is 15.1. The summed E-state index contributed by atoms with van der Waals surface area (Å²) in [6.07, 6.45) is 3.63. The summed E-state index contributed by atoms with van der Waals surface area (Å²) in [5.41, 5.74) is 1.72. The number of halogens is 1. The van der Waals surface area contributed by atoms with Gasteiger partial charge in [0.25, 0.3) is 0 Å². The van der Waals surface area contributed by atoms with E-state index >= 15 is 0 Å². The lowest BCUT2D eigenvalue weighted by molar-refractivity contribution is -0.137. The van der Waals surface area contributed by atoms with Crippen LogP contribution in [0, 0.1) is 11.7 Å². The maximum Gasteiger partial charge on any atom is 0.308 e. The Labute approximate surface area is 185 Å². The largest absolute Gasteiger partial charge is 0.382 e. The number of nitrogens with zero attached hydrogens (tertiary/aromatic N) is 1. The third-order valence-electron chi connectivity index (χ3n) is 5.22. The number of hydrogen-bond acceptors (Lipinski definition) is 4. The standard InChI is InChI=1S/C24H32FNO4S/c1-4-7-8-21(5-2)24(27)26(17-19-9-13-22(25)14-10-19)18-20-11-15-23(16-12-20)30-31(28,29)6-3/h9-16,21H,4-8,17-18H2,1-3H3. The molecule has 2 aromatic rings. The molecule has 31 heavy (non-hydrogen) atoms. The van der Waals surface area contributed by atoms with Crippen LogP contribution < -0.4 is 4.18 Å². The van der Waals surface area contributed by atoms with E-state index in [0.717, 1.165) is 36.8 Å². The Bertz CT molecular complexity index is 927. The first-order valence-electron chi connectivity index (χ1n) is 10.8. The Hall–Kier alpha value is -2.41. The summed E-state index contributed by atoms with van der Waals surface area (Å²) in [7, 11) is -3.58. The number of carbonyl (C=O) groups excluding carboxylic acids is 1. The molecule has 0 aliphatic carbocycles. The smallest absolute Gasteiger partial charge is 0.308 e. The quantitative estimate of drug-likeness (QED) is 0.413. The zero-order valence-electron chi connectivity index (χ0n) is 18.5. The van der Waals surface area contributed by atoms with Gasteiger partial charge >= 0.3 is 10.1 Å². The summed E-state index contributed by atoms with van der Waals surface area (Å²) < 4.78 is 41.6. The van der Waals surface area contributed by atoms with Crippen molar-refractivity contribution in [1.82, 2.24) is 4.90 Å². The number of unbranched alkanes of at least 4 members (excludes halogenated alkanes) is 1. The van der Waals surface area contributed by atoms with Crippen molar-refractivity contribution in [3.63, 3.8) is 0 Å². The van der Waals surface area contributed by atoms with Crippen LogP contribution in [0.2, 0.25) is 0 Å². The van der Waals surface area contributed by atoms with Crippen molar-refractivity contribution < 1.29 is 21.8 Å². The fraction of sp³-hybridized carbons (Fsp3) is 0.458. The number of rotatable bonds is 12. The van der Waals surface area contributed by atoms with Crippen molar-refractivity contribution in [3.8, 4) is 5.75 Å². The average Bonchev–Trinajstić information content (AvgIpc) is 2.76. The van der Waals surface area contributed by atoms with Crippen LogP contribution in [-0.2, 0) is 28.0 Å². The van der Waals surface area contributed by atoms with Gasteiger partial charge in [-0.3, -0.25) is 4.79 Å². The number of carbonyl (C=O) groups is 1. The average molecular weight is 450 g/mol. The van der Waals surface area contributed by atoms with E-state index in [0.29, 0.717) is 13.1 Å². The Balaban J connectivity index is 2.20. The highest BCUT2D eigenvalue weighted by atomic mass is 32.2. The van der Waals surface area contributed by atoms with Crippen molar-refractivity contribution in [2.75, 3.05) is 5.75 Å². The van der Waals surface area contributed by atoms with Gasteiger partial charge in [-0.25, -0.2) is 4.39 Å². The minimum atomic E-state index is -3.58. The third kappa shape index (κ3) is 7.98. The second-order valence-corrected chi connectivity index (χ2v) is 9.50. The van der Waals surface area contributed by atoms with Crippen LogP contribution in [0.5, 0.6) is 5.75 Å². The van der Waals surface area contributed by atoms with Crippen molar-refractivity contribution in [3.05, 3.63) is 65.5 Å². The van der Waals surface area contributed by atoms with Crippen molar-refractivity contribution in [1.29, 1.82) is 0 Å². The van der Waals surface area contributed by atoms with Gasteiger partial charge in [-0.2, -0.15) is 8.42 Å². The van der Waals surface area contributed by atoms with E-state index in [1.165, 1.54) is 19.1 Å². The minimum absolute atomic E-state index is 0.0577. The highest BCUT2D eigenvalue weighted by molar-refractivity contribution is 7.87.